The first-order valence-corrected chi connectivity index (χ1v) is 8.25. The number of thiophene rings is 1. The lowest BCUT2D eigenvalue weighted by molar-refractivity contribution is -0.155. The van der Waals surface area contributed by atoms with Crippen LogP contribution in [0.4, 0.5) is 0 Å². The van der Waals surface area contributed by atoms with Gasteiger partial charge < -0.3 is 14.6 Å². The number of nitrogens with zero attached hydrogens (tertiary/aromatic N) is 2. The van der Waals surface area contributed by atoms with Gasteiger partial charge >= 0.3 is 5.97 Å². The second-order valence-corrected chi connectivity index (χ2v) is 6.10. The summed E-state index contributed by atoms with van der Waals surface area (Å²) in [6, 6.07) is 1.89. The number of carbonyl (C=O) groups excluding carboxylic acids is 2. The van der Waals surface area contributed by atoms with Crippen LogP contribution in [0.25, 0.3) is 11.4 Å². The summed E-state index contributed by atoms with van der Waals surface area (Å²) in [5.41, 5.74) is 0.881. The predicted octanol–water partition coefficient (Wildman–Crippen LogP) is 2.19. The fourth-order valence-corrected chi connectivity index (χ4v) is 2.42. The number of hydrogen-bond donors (Lipinski definition) is 1. The Hall–Kier alpha value is -2.22. The zero-order valence-corrected chi connectivity index (χ0v) is 14.1. The van der Waals surface area contributed by atoms with Crippen LogP contribution < -0.4 is 5.32 Å². The zero-order valence-electron chi connectivity index (χ0n) is 13.2. The van der Waals surface area contributed by atoms with Crippen molar-refractivity contribution in [3.63, 3.8) is 0 Å². The third-order valence-corrected chi connectivity index (χ3v) is 3.58. The first-order valence-electron chi connectivity index (χ1n) is 7.30. The van der Waals surface area contributed by atoms with Gasteiger partial charge in [-0.25, -0.2) is 0 Å². The van der Waals surface area contributed by atoms with Crippen LogP contribution in [0.2, 0.25) is 0 Å². The number of aromatic nitrogens is 2. The topological polar surface area (TPSA) is 94.3 Å². The molecule has 0 unspecified atom stereocenters. The Labute approximate surface area is 138 Å². The van der Waals surface area contributed by atoms with Crippen molar-refractivity contribution in [2.24, 2.45) is 0 Å². The zero-order chi connectivity index (χ0) is 16.8. The summed E-state index contributed by atoms with van der Waals surface area (Å²) >= 11 is 1.54. The van der Waals surface area contributed by atoms with E-state index in [2.05, 4.69) is 15.5 Å². The molecule has 2 heterocycles. The second kappa shape index (κ2) is 7.87. The highest BCUT2D eigenvalue weighted by atomic mass is 32.1. The highest BCUT2D eigenvalue weighted by Gasteiger charge is 2.19. The average Bonchev–Trinajstić information content (AvgIpc) is 3.15. The molecular weight excluding hydrogens is 318 g/mol. The minimum absolute atomic E-state index is 0.00225. The first-order chi connectivity index (χ1) is 11.0. The van der Waals surface area contributed by atoms with Crippen molar-refractivity contribution in [1.29, 1.82) is 0 Å². The van der Waals surface area contributed by atoms with Crippen molar-refractivity contribution in [2.45, 2.75) is 45.8 Å². The molecular formula is C15H19N3O4S. The van der Waals surface area contributed by atoms with Crippen molar-refractivity contribution < 1.29 is 18.8 Å². The molecule has 2 aromatic heterocycles. The molecule has 0 aliphatic heterocycles. The average molecular weight is 337 g/mol. The summed E-state index contributed by atoms with van der Waals surface area (Å²) in [5, 5.41) is 10.4. The molecule has 0 spiro atoms. The van der Waals surface area contributed by atoms with E-state index in [0.717, 1.165) is 5.56 Å². The number of aryl methyl sites for hydroxylation is 1. The van der Waals surface area contributed by atoms with Crippen LogP contribution in [0.3, 0.4) is 0 Å². The van der Waals surface area contributed by atoms with Gasteiger partial charge in [-0.2, -0.15) is 16.3 Å². The van der Waals surface area contributed by atoms with Crippen LogP contribution >= 0.6 is 11.3 Å². The van der Waals surface area contributed by atoms with Crippen molar-refractivity contribution in [1.82, 2.24) is 15.5 Å². The maximum Gasteiger partial charge on any atom is 0.307 e. The molecule has 2 rings (SSSR count). The Bertz CT molecular complexity index is 651. The summed E-state index contributed by atoms with van der Waals surface area (Å²) in [5.74, 6) is 0.0688. The lowest BCUT2D eigenvalue weighted by atomic mass is 10.3. The number of amides is 1. The smallest absolute Gasteiger partial charge is 0.307 e. The van der Waals surface area contributed by atoms with Crippen molar-refractivity contribution in [2.75, 3.05) is 0 Å². The Morgan fingerprint density at radius 3 is 2.83 bits per heavy atom. The third-order valence-electron chi connectivity index (χ3n) is 2.90. The molecule has 8 heteroatoms. The van der Waals surface area contributed by atoms with Crippen LogP contribution in [-0.4, -0.2) is 34.2 Å². The normalized spacial score (nSPS) is 12.2. The highest BCUT2D eigenvalue weighted by molar-refractivity contribution is 7.08. The molecule has 0 bridgehead atoms. The van der Waals surface area contributed by atoms with Crippen LogP contribution in [0, 0.1) is 0 Å². The van der Waals surface area contributed by atoms with Gasteiger partial charge in [0.25, 0.3) is 5.91 Å². The van der Waals surface area contributed by atoms with Gasteiger partial charge in [0.2, 0.25) is 11.7 Å². The molecule has 2 aromatic rings. The number of hydrogen-bond acceptors (Lipinski definition) is 7. The van der Waals surface area contributed by atoms with Crippen molar-refractivity contribution in [3.05, 3.63) is 22.7 Å². The van der Waals surface area contributed by atoms with E-state index in [1.807, 2.05) is 30.7 Å². The SMILES string of the molecule is CC(C)NC(=O)[C@@H](C)OC(=O)CCc1nc(-c2ccsc2)no1. The Balaban J connectivity index is 1.79. The van der Waals surface area contributed by atoms with E-state index in [0.29, 0.717) is 11.7 Å². The number of carbonyl (C=O) groups is 2. The van der Waals surface area contributed by atoms with Crippen LogP contribution in [0.5, 0.6) is 0 Å². The largest absolute Gasteiger partial charge is 0.453 e. The molecule has 0 aliphatic rings. The fourth-order valence-electron chi connectivity index (χ4n) is 1.79. The molecule has 0 saturated carbocycles. The first kappa shape index (κ1) is 17.1. The highest BCUT2D eigenvalue weighted by Crippen LogP contribution is 2.19. The van der Waals surface area contributed by atoms with Crippen LogP contribution in [0.1, 0.15) is 33.1 Å². The van der Waals surface area contributed by atoms with E-state index in [1.54, 1.807) is 11.3 Å². The summed E-state index contributed by atoms with van der Waals surface area (Å²) < 4.78 is 10.2. The van der Waals surface area contributed by atoms with Gasteiger partial charge in [-0.3, -0.25) is 9.59 Å². The molecule has 0 fully saturated rings. The second-order valence-electron chi connectivity index (χ2n) is 5.32. The lowest BCUT2D eigenvalue weighted by Crippen LogP contribution is -2.39. The van der Waals surface area contributed by atoms with Crippen LogP contribution in [0.15, 0.2) is 21.3 Å². The molecule has 1 atom stereocenters. The van der Waals surface area contributed by atoms with E-state index in [4.69, 9.17) is 9.26 Å². The Morgan fingerprint density at radius 1 is 1.39 bits per heavy atom. The molecule has 1 amide bonds. The van der Waals surface area contributed by atoms with E-state index in [9.17, 15) is 9.59 Å². The quantitative estimate of drug-likeness (QED) is 0.778. The molecule has 0 saturated heterocycles. The minimum Gasteiger partial charge on any atom is -0.453 e. The molecule has 23 heavy (non-hydrogen) atoms. The predicted molar refractivity (Wildman–Crippen MR) is 84.8 cm³/mol. The Kier molecular flexibility index (Phi) is 5.86. The summed E-state index contributed by atoms with van der Waals surface area (Å²) in [6.07, 6.45) is -0.479. The summed E-state index contributed by atoms with van der Waals surface area (Å²) in [4.78, 5) is 27.7. The van der Waals surface area contributed by atoms with Gasteiger partial charge in [0.05, 0.1) is 6.42 Å². The number of nitrogens with one attached hydrogen (secondary N) is 1. The molecule has 0 aromatic carbocycles. The van der Waals surface area contributed by atoms with Gasteiger partial charge in [-0.05, 0) is 32.2 Å². The monoisotopic (exact) mass is 337 g/mol. The third kappa shape index (κ3) is 5.17. The van der Waals surface area contributed by atoms with E-state index in [-0.39, 0.29) is 24.8 Å². The van der Waals surface area contributed by atoms with Gasteiger partial charge in [-0.15, -0.1) is 0 Å². The minimum atomic E-state index is -0.825. The Morgan fingerprint density at radius 2 is 2.17 bits per heavy atom. The van der Waals surface area contributed by atoms with E-state index < -0.39 is 12.1 Å². The summed E-state index contributed by atoms with van der Waals surface area (Å²) in [7, 11) is 0. The van der Waals surface area contributed by atoms with E-state index >= 15 is 0 Å². The molecule has 1 N–H and O–H groups in total. The van der Waals surface area contributed by atoms with Gasteiger partial charge in [0.15, 0.2) is 6.10 Å². The number of rotatable bonds is 7. The number of esters is 1. The molecule has 0 radical (unpaired) electrons. The fraction of sp³-hybridized carbons (Fsp3) is 0.467. The molecule has 7 nitrogen and oxygen atoms in total. The standard InChI is InChI=1S/C15H19N3O4S/c1-9(2)16-15(20)10(3)21-13(19)5-4-12-17-14(18-22-12)11-6-7-23-8-11/h6-10H,4-5H2,1-3H3,(H,16,20)/t10-/m1/s1. The van der Waals surface area contributed by atoms with Crippen LogP contribution in [-0.2, 0) is 20.7 Å². The van der Waals surface area contributed by atoms with Gasteiger partial charge in [0, 0.05) is 23.4 Å². The van der Waals surface area contributed by atoms with Crippen molar-refractivity contribution >= 4 is 23.2 Å². The van der Waals surface area contributed by atoms with Gasteiger partial charge in [-0.1, -0.05) is 5.16 Å². The van der Waals surface area contributed by atoms with Crippen molar-refractivity contribution in [3.8, 4) is 11.4 Å². The maximum atomic E-state index is 11.8. The molecule has 0 aliphatic carbocycles. The maximum absolute atomic E-state index is 11.8. The molecule has 124 valence electrons. The van der Waals surface area contributed by atoms with E-state index in [1.165, 1.54) is 6.92 Å². The van der Waals surface area contributed by atoms with Gasteiger partial charge in [0.1, 0.15) is 0 Å². The number of ether oxygens (including phenoxy) is 1. The lowest BCUT2D eigenvalue weighted by Gasteiger charge is -2.15. The summed E-state index contributed by atoms with van der Waals surface area (Å²) in [6.45, 7) is 5.22.